The summed E-state index contributed by atoms with van der Waals surface area (Å²) in [6.45, 7) is 2.04. The molecule has 0 aliphatic rings. The molecule has 0 heterocycles. The summed E-state index contributed by atoms with van der Waals surface area (Å²) in [7, 11) is 0. The number of rotatable bonds is 3. The molecule has 88 valence electrons. The van der Waals surface area contributed by atoms with Gasteiger partial charge in [-0.05, 0) is 31.2 Å². The van der Waals surface area contributed by atoms with Crippen LogP contribution in [0.5, 0.6) is 11.5 Å². The maximum absolute atomic E-state index is 5.91. The fourth-order valence-corrected chi connectivity index (χ4v) is 2.16. The van der Waals surface area contributed by atoms with E-state index < -0.39 is 0 Å². The largest absolute Gasteiger partial charge is 0.457 e. The van der Waals surface area contributed by atoms with Crippen molar-refractivity contribution in [2.24, 2.45) is 0 Å². The molecule has 1 nitrogen and oxygen atoms in total. The van der Waals surface area contributed by atoms with Gasteiger partial charge in [0.1, 0.15) is 11.5 Å². The summed E-state index contributed by atoms with van der Waals surface area (Å²) in [6, 6.07) is 13.8. The maximum Gasteiger partial charge on any atom is 0.131 e. The summed E-state index contributed by atoms with van der Waals surface area (Å²) in [6.07, 6.45) is 0. The average Bonchev–Trinajstić information content (AvgIpc) is 2.31. The molecule has 0 saturated carbocycles. The number of aryl methyl sites for hydroxylation is 1. The fourth-order valence-electron chi connectivity index (χ4n) is 1.57. The van der Waals surface area contributed by atoms with Crippen molar-refractivity contribution in [3.8, 4) is 11.5 Å². The Kier molecular flexibility index (Phi) is 4.08. The molecule has 0 radical (unpaired) electrons. The molecule has 2 aromatic carbocycles. The van der Waals surface area contributed by atoms with Gasteiger partial charge in [0.15, 0.2) is 0 Å². The second-order valence-electron chi connectivity index (χ2n) is 3.80. The summed E-state index contributed by atoms with van der Waals surface area (Å²) in [4.78, 5) is 0. The molecule has 0 spiro atoms. The maximum atomic E-state index is 5.91. The van der Waals surface area contributed by atoms with E-state index in [9.17, 15) is 0 Å². The highest BCUT2D eigenvalue weighted by atomic mass is 79.9. The summed E-state index contributed by atoms with van der Waals surface area (Å²) in [5, 5.41) is 0. The Morgan fingerprint density at radius 3 is 2.71 bits per heavy atom. The van der Waals surface area contributed by atoms with Crippen LogP contribution in [0.2, 0.25) is 0 Å². The highest BCUT2D eigenvalue weighted by Crippen LogP contribution is 2.28. The van der Waals surface area contributed by atoms with Crippen LogP contribution in [0.1, 0.15) is 11.1 Å². The summed E-state index contributed by atoms with van der Waals surface area (Å²) in [5.41, 5.74) is 2.19. The number of benzene rings is 2. The van der Waals surface area contributed by atoms with Gasteiger partial charge in [-0.1, -0.05) is 39.7 Å². The van der Waals surface area contributed by atoms with Gasteiger partial charge in [0.05, 0.1) is 5.88 Å². The summed E-state index contributed by atoms with van der Waals surface area (Å²) in [5.74, 6) is 2.06. The van der Waals surface area contributed by atoms with E-state index >= 15 is 0 Å². The van der Waals surface area contributed by atoms with E-state index in [0.717, 1.165) is 21.5 Å². The van der Waals surface area contributed by atoms with Crippen LogP contribution in [0.15, 0.2) is 46.9 Å². The molecule has 0 aliphatic heterocycles. The highest BCUT2D eigenvalue weighted by Gasteiger charge is 2.04. The molecular weight excluding hydrogens is 300 g/mol. The van der Waals surface area contributed by atoms with Crippen LogP contribution in [-0.2, 0) is 5.88 Å². The van der Waals surface area contributed by atoms with Crippen molar-refractivity contribution in [2.45, 2.75) is 12.8 Å². The Morgan fingerprint density at radius 2 is 2.00 bits per heavy atom. The van der Waals surface area contributed by atoms with Crippen LogP contribution in [0.25, 0.3) is 0 Å². The lowest BCUT2D eigenvalue weighted by Gasteiger charge is -2.10. The van der Waals surface area contributed by atoms with Crippen molar-refractivity contribution in [3.05, 3.63) is 58.1 Å². The van der Waals surface area contributed by atoms with E-state index in [4.69, 9.17) is 16.3 Å². The first-order valence-electron chi connectivity index (χ1n) is 5.28. The highest BCUT2D eigenvalue weighted by molar-refractivity contribution is 9.10. The predicted octanol–water partition coefficient (Wildman–Crippen LogP) is 5.29. The monoisotopic (exact) mass is 310 g/mol. The molecule has 0 unspecified atom stereocenters. The van der Waals surface area contributed by atoms with Crippen LogP contribution in [0.3, 0.4) is 0 Å². The van der Waals surface area contributed by atoms with Crippen LogP contribution in [0, 0.1) is 6.92 Å². The van der Waals surface area contributed by atoms with Gasteiger partial charge in [-0.2, -0.15) is 0 Å². The standard InChI is InChI=1S/C14H12BrClO/c1-10-5-6-14(11(7-10)9-16)17-13-4-2-3-12(15)8-13/h2-8H,9H2,1H3. The molecule has 0 atom stereocenters. The third-order valence-electron chi connectivity index (χ3n) is 2.38. The van der Waals surface area contributed by atoms with E-state index in [1.165, 1.54) is 5.56 Å². The average molecular weight is 312 g/mol. The van der Waals surface area contributed by atoms with Crippen LogP contribution in [-0.4, -0.2) is 0 Å². The van der Waals surface area contributed by atoms with Crippen molar-refractivity contribution in [3.63, 3.8) is 0 Å². The molecule has 2 aromatic rings. The van der Waals surface area contributed by atoms with E-state index in [2.05, 4.69) is 15.9 Å². The SMILES string of the molecule is Cc1ccc(Oc2cccc(Br)c2)c(CCl)c1. The first-order chi connectivity index (χ1) is 8.19. The second kappa shape index (κ2) is 5.56. The Labute approximate surface area is 115 Å². The van der Waals surface area contributed by atoms with E-state index in [-0.39, 0.29) is 0 Å². The van der Waals surface area contributed by atoms with Gasteiger partial charge in [-0.3, -0.25) is 0 Å². The van der Waals surface area contributed by atoms with Crippen molar-refractivity contribution in [2.75, 3.05) is 0 Å². The number of ether oxygens (including phenoxy) is 1. The Balaban J connectivity index is 2.29. The minimum Gasteiger partial charge on any atom is -0.457 e. The smallest absolute Gasteiger partial charge is 0.131 e. The molecule has 2 rings (SSSR count). The Morgan fingerprint density at radius 1 is 1.18 bits per heavy atom. The molecule has 0 amide bonds. The van der Waals surface area contributed by atoms with Crippen molar-refractivity contribution >= 4 is 27.5 Å². The third kappa shape index (κ3) is 3.24. The minimum atomic E-state index is 0.449. The second-order valence-corrected chi connectivity index (χ2v) is 4.99. The number of hydrogen-bond donors (Lipinski definition) is 0. The number of hydrogen-bond acceptors (Lipinski definition) is 1. The zero-order chi connectivity index (χ0) is 12.3. The lowest BCUT2D eigenvalue weighted by Crippen LogP contribution is -1.90. The zero-order valence-corrected chi connectivity index (χ0v) is 11.8. The topological polar surface area (TPSA) is 9.23 Å². The van der Waals surface area contributed by atoms with Crippen LogP contribution >= 0.6 is 27.5 Å². The normalized spacial score (nSPS) is 10.3. The van der Waals surface area contributed by atoms with Crippen LogP contribution < -0.4 is 4.74 Å². The molecule has 0 N–H and O–H groups in total. The Hall–Kier alpha value is -0.990. The van der Waals surface area contributed by atoms with Crippen LogP contribution in [0.4, 0.5) is 0 Å². The Bertz CT molecular complexity index is 525. The van der Waals surface area contributed by atoms with Gasteiger partial charge in [0, 0.05) is 10.0 Å². The van der Waals surface area contributed by atoms with Gasteiger partial charge in [0.2, 0.25) is 0 Å². The van der Waals surface area contributed by atoms with Gasteiger partial charge in [-0.15, -0.1) is 11.6 Å². The lowest BCUT2D eigenvalue weighted by atomic mass is 10.1. The predicted molar refractivity (Wildman–Crippen MR) is 75.0 cm³/mol. The van der Waals surface area contributed by atoms with Crippen molar-refractivity contribution in [1.82, 2.24) is 0 Å². The zero-order valence-electron chi connectivity index (χ0n) is 9.41. The molecule has 3 heteroatoms. The van der Waals surface area contributed by atoms with E-state index in [1.807, 2.05) is 49.4 Å². The van der Waals surface area contributed by atoms with Gasteiger partial charge in [0.25, 0.3) is 0 Å². The summed E-state index contributed by atoms with van der Waals surface area (Å²) < 4.78 is 6.82. The molecular formula is C14H12BrClO. The fraction of sp³-hybridized carbons (Fsp3) is 0.143. The number of alkyl halides is 1. The molecule has 0 fully saturated rings. The lowest BCUT2D eigenvalue weighted by molar-refractivity contribution is 0.478. The summed E-state index contributed by atoms with van der Waals surface area (Å²) >= 11 is 9.33. The molecule has 0 aromatic heterocycles. The first kappa shape index (κ1) is 12.5. The van der Waals surface area contributed by atoms with E-state index in [1.54, 1.807) is 0 Å². The first-order valence-corrected chi connectivity index (χ1v) is 6.60. The molecule has 0 bridgehead atoms. The number of halogens is 2. The third-order valence-corrected chi connectivity index (χ3v) is 3.17. The molecule has 0 saturated heterocycles. The molecule has 0 aliphatic carbocycles. The quantitative estimate of drug-likeness (QED) is 0.700. The van der Waals surface area contributed by atoms with Crippen molar-refractivity contribution in [1.29, 1.82) is 0 Å². The van der Waals surface area contributed by atoms with Gasteiger partial charge >= 0.3 is 0 Å². The molecule has 17 heavy (non-hydrogen) atoms. The minimum absolute atomic E-state index is 0.449. The van der Waals surface area contributed by atoms with Gasteiger partial charge in [-0.25, -0.2) is 0 Å². The van der Waals surface area contributed by atoms with Gasteiger partial charge < -0.3 is 4.74 Å². The van der Waals surface area contributed by atoms with E-state index in [0.29, 0.717) is 5.88 Å². The van der Waals surface area contributed by atoms with Crippen molar-refractivity contribution < 1.29 is 4.74 Å².